The van der Waals surface area contributed by atoms with Crippen molar-refractivity contribution >= 4 is 23.6 Å². The number of rotatable bonds is 4. The number of aryl methyl sites for hydroxylation is 2. The Labute approximate surface area is 185 Å². The average molecular weight is 432 g/mol. The van der Waals surface area contributed by atoms with Gasteiger partial charge in [-0.1, -0.05) is 12.1 Å². The van der Waals surface area contributed by atoms with E-state index in [4.69, 9.17) is 0 Å². The van der Waals surface area contributed by atoms with Crippen LogP contribution in [-0.2, 0) is 35.5 Å². The SMILES string of the molecule is O=C1CCC(N2Cc3ccc(CNC(=O)c4cnc5c(c4)CCCC5)cc3C2=O)C(=O)N1. The molecule has 32 heavy (non-hydrogen) atoms. The highest BCUT2D eigenvalue weighted by atomic mass is 16.2. The minimum absolute atomic E-state index is 0.192. The average Bonchev–Trinajstić information content (AvgIpc) is 3.12. The number of carbonyl (C=O) groups is 4. The van der Waals surface area contributed by atoms with Crippen molar-refractivity contribution in [3.63, 3.8) is 0 Å². The van der Waals surface area contributed by atoms with Gasteiger partial charge in [-0.05, 0) is 60.9 Å². The molecule has 0 bridgehead atoms. The Bertz CT molecular complexity index is 1140. The van der Waals surface area contributed by atoms with Gasteiger partial charge in [0, 0.05) is 37.0 Å². The van der Waals surface area contributed by atoms with Crippen molar-refractivity contribution in [2.24, 2.45) is 0 Å². The van der Waals surface area contributed by atoms with E-state index in [9.17, 15) is 19.2 Å². The number of hydrogen-bond acceptors (Lipinski definition) is 5. The zero-order valence-electron chi connectivity index (χ0n) is 17.6. The molecule has 5 rings (SSSR count). The number of nitrogens with zero attached hydrogens (tertiary/aromatic N) is 2. The molecule has 1 atom stereocenters. The fraction of sp³-hybridized carbons (Fsp3) is 0.375. The molecule has 2 aliphatic heterocycles. The lowest BCUT2D eigenvalue weighted by atomic mass is 9.95. The predicted octanol–water partition coefficient (Wildman–Crippen LogP) is 1.65. The molecule has 1 saturated heterocycles. The van der Waals surface area contributed by atoms with Crippen LogP contribution in [-0.4, -0.2) is 39.6 Å². The van der Waals surface area contributed by atoms with E-state index in [2.05, 4.69) is 15.6 Å². The summed E-state index contributed by atoms with van der Waals surface area (Å²) in [5, 5.41) is 5.22. The van der Waals surface area contributed by atoms with Gasteiger partial charge in [-0.2, -0.15) is 0 Å². The molecule has 1 unspecified atom stereocenters. The van der Waals surface area contributed by atoms with E-state index in [1.165, 1.54) is 4.90 Å². The van der Waals surface area contributed by atoms with Crippen LogP contribution >= 0.6 is 0 Å². The summed E-state index contributed by atoms with van der Waals surface area (Å²) in [5.41, 5.74) is 4.98. The zero-order chi connectivity index (χ0) is 22.2. The number of hydrogen-bond donors (Lipinski definition) is 2. The normalized spacial score (nSPS) is 19.9. The summed E-state index contributed by atoms with van der Waals surface area (Å²) in [6.07, 6.45) is 6.38. The Balaban J connectivity index is 1.25. The Morgan fingerprint density at radius 2 is 1.94 bits per heavy atom. The number of carbonyl (C=O) groups excluding carboxylic acids is 4. The van der Waals surface area contributed by atoms with E-state index >= 15 is 0 Å². The van der Waals surface area contributed by atoms with Crippen LogP contribution in [0.2, 0.25) is 0 Å². The Morgan fingerprint density at radius 3 is 2.78 bits per heavy atom. The first-order valence-corrected chi connectivity index (χ1v) is 11.0. The minimum Gasteiger partial charge on any atom is -0.348 e. The van der Waals surface area contributed by atoms with E-state index in [0.29, 0.717) is 24.1 Å². The number of nitrogens with one attached hydrogen (secondary N) is 2. The van der Waals surface area contributed by atoms with Gasteiger partial charge in [0.1, 0.15) is 6.04 Å². The van der Waals surface area contributed by atoms with Gasteiger partial charge in [-0.25, -0.2) is 0 Å². The highest BCUT2D eigenvalue weighted by Crippen LogP contribution is 2.28. The van der Waals surface area contributed by atoms with E-state index in [-0.39, 0.29) is 30.7 Å². The molecule has 164 valence electrons. The van der Waals surface area contributed by atoms with Gasteiger partial charge >= 0.3 is 0 Å². The van der Waals surface area contributed by atoms with Crippen molar-refractivity contribution in [2.75, 3.05) is 0 Å². The molecule has 4 amide bonds. The summed E-state index contributed by atoms with van der Waals surface area (Å²) in [5.74, 6) is -1.14. The molecular weight excluding hydrogens is 408 g/mol. The highest BCUT2D eigenvalue weighted by molar-refractivity contribution is 6.05. The maximum Gasteiger partial charge on any atom is 0.255 e. The molecule has 0 saturated carbocycles. The molecule has 1 fully saturated rings. The van der Waals surface area contributed by atoms with Gasteiger partial charge in [0.05, 0.1) is 5.56 Å². The standard InChI is InChI=1S/C24H24N4O4/c29-21-8-7-20(23(31)27-21)28-13-16-6-5-14(9-18(16)24(28)32)11-26-22(30)17-10-15-3-1-2-4-19(15)25-12-17/h5-6,9-10,12,20H,1-4,7-8,11,13H2,(H,26,30)(H,27,29,31). The van der Waals surface area contributed by atoms with E-state index in [1.54, 1.807) is 12.3 Å². The summed E-state index contributed by atoms with van der Waals surface area (Å²) in [6.45, 7) is 0.628. The monoisotopic (exact) mass is 432 g/mol. The van der Waals surface area contributed by atoms with Crippen LogP contribution in [0.1, 0.15) is 68.8 Å². The molecule has 1 aliphatic carbocycles. The van der Waals surface area contributed by atoms with Gasteiger partial charge in [0.15, 0.2) is 0 Å². The first-order chi connectivity index (χ1) is 15.5. The molecule has 1 aromatic heterocycles. The summed E-state index contributed by atoms with van der Waals surface area (Å²) < 4.78 is 0. The van der Waals surface area contributed by atoms with E-state index in [1.807, 2.05) is 18.2 Å². The molecule has 2 aromatic rings. The third-order valence-corrected chi connectivity index (χ3v) is 6.48. The van der Waals surface area contributed by atoms with Gasteiger partial charge in [-0.15, -0.1) is 0 Å². The molecule has 8 heteroatoms. The van der Waals surface area contributed by atoms with Crippen molar-refractivity contribution in [1.82, 2.24) is 20.5 Å². The quantitative estimate of drug-likeness (QED) is 0.715. The molecule has 8 nitrogen and oxygen atoms in total. The van der Waals surface area contributed by atoms with E-state index < -0.39 is 11.9 Å². The predicted molar refractivity (Wildman–Crippen MR) is 115 cm³/mol. The highest BCUT2D eigenvalue weighted by Gasteiger charge is 2.39. The maximum absolute atomic E-state index is 12.9. The van der Waals surface area contributed by atoms with Crippen LogP contribution < -0.4 is 10.6 Å². The Morgan fingerprint density at radius 1 is 1.09 bits per heavy atom. The lowest BCUT2D eigenvalue weighted by Gasteiger charge is -2.29. The third kappa shape index (κ3) is 3.77. The van der Waals surface area contributed by atoms with Crippen LogP contribution in [0.5, 0.6) is 0 Å². The van der Waals surface area contributed by atoms with Crippen molar-refractivity contribution in [1.29, 1.82) is 0 Å². The van der Waals surface area contributed by atoms with Crippen molar-refractivity contribution < 1.29 is 19.2 Å². The number of aromatic nitrogens is 1. The van der Waals surface area contributed by atoms with Gasteiger partial charge in [0.25, 0.3) is 11.8 Å². The summed E-state index contributed by atoms with van der Waals surface area (Å²) in [7, 11) is 0. The fourth-order valence-corrected chi connectivity index (χ4v) is 4.71. The molecule has 2 N–H and O–H groups in total. The number of imide groups is 1. The van der Waals surface area contributed by atoms with Crippen LogP contribution in [0.4, 0.5) is 0 Å². The summed E-state index contributed by atoms with van der Waals surface area (Å²) in [4.78, 5) is 55.1. The summed E-state index contributed by atoms with van der Waals surface area (Å²) in [6, 6.07) is 6.81. The van der Waals surface area contributed by atoms with Crippen LogP contribution in [0.3, 0.4) is 0 Å². The fourth-order valence-electron chi connectivity index (χ4n) is 4.71. The minimum atomic E-state index is -0.632. The smallest absolute Gasteiger partial charge is 0.255 e. The second kappa shape index (κ2) is 8.18. The number of piperidine rings is 1. The number of benzene rings is 1. The second-order valence-corrected chi connectivity index (χ2v) is 8.61. The van der Waals surface area contributed by atoms with E-state index in [0.717, 1.165) is 48.1 Å². The topological polar surface area (TPSA) is 108 Å². The molecule has 3 heterocycles. The Hall–Kier alpha value is -3.55. The van der Waals surface area contributed by atoms with Crippen molar-refractivity contribution in [2.45, 2.75) is 57.7 Å². The maximum atomic E-state index is 12.9. The van der Waals surface area contributed by atoms with Gasteiger partial charge in [0.2, 0.25) is 11.8 Å². The van der Waals surface area contributed by atoms with Gasteiger partial charge < -0.3 is 10.2 Å². The lowest BCUT2D eigenvalue weighted by molar-refractivity contribution is -0.136. The zero-order valence-corrected chi connectivity index (χ0v) is 17.6. The Kier molecular flexibility index (Phi) is 5.20. The number of fused-ring (bicyclic) bond motifs is 2. The second-order valence-electron chi connectivity index (χ2n) is 8.61. The molecule has 1 aromatic carbocycles. The first-order valence-electron chi connectivity index (χ1n) is 11.0. The molecule has 3 aliphatic rings. The van der Waals surface area contributed by atoms with Crippen molar-refractivity contribution in [3.8, 4) is 0 Å². The third-order valence-electron chi connectivity index (χ3n) is 6.48. The van der Waals surface area contributed by atoms with Crippen molar-refractivity contribution in [3.05, 3.63) is 64.0 Å². The first kappa shape index (κ1) is 20.4. The largest absolute Gasteiger partial charge is 0.348 e. The lowest BCUT2D eigenvalue weighted by Crippen LogP contribution is -2.52. The number of pyridine rings is 1. The number of amides is 4. The van der Waals surface area contributed by atoms with Gasteiger partial charge in [-0.3, -0.25) is 29.5 Å². The molecule has 0 spiro atoms. The van der Waals surface area contributed by atoms with Crippen LogP contribution in [0.25, 0.3) is 0 Å². The summed E-state index contributed by atoms with van der Waals surface area (Å²) >= 11 is 0. The van der Waals surface area contributed by atoms with Crippen LogP contribution in [0.15, 0.2) is 30.5 Å². The van der Waals surface area contributed by atoms with Crippen LogP contribution in [0, 0.1) is 0 Å². The molecular formula is C24H24N4O4. The molecule has 0 radical (unpaired) electrons.